The Morgan fingerprint density at radius 2 is 1.89 bits per heavy atom. The zero-order valence-corrected chi connectivity index (χ0v) is 11.9. The van der Waals surface area contributed by atoms with Gasteiger partial charge in [0.25, 0.3) is 0 Å². The van der Waals surface area contributed by atoms with Crippen LogP contribution in [0.1, 0.15) is 11.1 Å². The molecule has 1 aromatic heterocycles. The Balaban J connectivity index is 2.13. The van der Waals surface area contributed by atoms with Crippen molar-refractivity contribution in [3.8, 4) is 0 Å². The number of halogens is 1. The SMILES string of the molecule is Cc1ccnc(NS(=O)(=O)Cc2ccc(Cl)cc2)c1. The summed E-state index contributed by atoms with van der Waals surface area (Å²) >= 11 is 5.76. The minimum atomic E-state index is -3.47. The van der Waals surface area contributed by atoms with E-state index >= 15 is 0 Å². The fraction of sp³-hybridized carbons (Fsp3) is 0.154. The average Bonchev–Trinajstić information content (AvgIpc) is 2.31. The van der Waals surface area contributed by atoms with Gasteiger partial charge < -0.3 is 0 Å². The molecule has 100 valence electrons. The number of sulfonamides is 1. The van der Waals surface area contributed by atoms with Crippen LogP contribution in [0.5, 0.6) is 0 Å². The molecule has 0 aliphatic rings. The number of nitrogens with one attached hydrogen (secondary N) is 1. The normalized spacial score (nSPS) is 11.3. The highest BCUT2D eigenvalue weighted by molar-refractivity contribution is 7.91. The molecule has 1 heterocycles. The van der Waals surface area contributed by atoms with Crippen molar-refractivity contribution in [1.29, 1.82) is 0 Å². The summed E-state index contributed by atoms with van der Waals surface area (Å²) in [5, 5.41) is 0.578. The second kappa shape index (κ2) is 5.59. The molecule has 0 aliphatic carbocycles. The van der Waals surface area contributed by atoms with E-state index in [1.165, 1.54) is 0 Å². The summed E-state index contributed by atoms with van der Waals surface area (Å²) in [6.45, 7) is 1.87. The lowest BCUT2D eigenvalue weighted by atomic mass is 10.2. The second-order valence-corrected chi connectivity index (χ2v) is 6.36. The summed E-state index contributed by atoms with van der Waals surface area (Å²) < 4.78 is 26.4. The summed E-state index contributed by atoms with van der Waals surface area (Å²) in [6, 6.07) is 10.2. The molecule has 0 saturated heterocycles. The van der Waals surface area contributed by atoms with Crippen molar-refractivity contribution < 1.29 is 8.42 Å². The van der Waals surface area contributed by atoms with Gasteiger partial charge in [-0.1, -0.05) is 23.7 Å². The molecular formula is C13H13ClN2O2S. The van der Waals surface area contributed by atoms with Gasteiger partial charge in [-0.3, -0.25) is 4.72 Å². The zero-order valence-electron chi connectivity index (χ0n) is 10.3. The van der Waals surface area contributed by atoms with Crippen LogP contribution in [0, 0.1) is 6.92 Å². The molecule has 0 saturated carbocycles. The maximum absolute atomic E-state index is 12.0. The van der Waals surface area contributed by atoms with Crippen molar-refractivity contribution in [1.82, 2.24) is 4.98 Å². The fourth-order valence-electron chi connectivity index (χ4n) is 1.59. The smallest absolute Gasteiger partial charge is 0.238 e. The third-order valence-corrected chi connectivity index (χ3v) is 3.93. The standard InChI is InChI=1S/C13H13ClN2O2S/c1-10-6-7-15-13(8-10)16-19(17,18)9-11-2-4-12(14)5-3-11/h2-8H,9H2,1H3,(H,15,16). The molecule has 1 N–H and O–H groups in total. The quantitative estimate of drug-likeness (QED) is 0.943. The maximum Gasteiger partial charge on any atom is 0.238 e. The van der Waals surface area contributed by atoms with Gasteiger partial charge in [-0.2, -0.15) is 0 Å². The monoisotopic (exact) mass is 296 g/mol. The lowest BCUT2D eigenvalue weighted by Gasteiger charge is -2.07. The number of pyridine rings is 1. The minimum Gasteiger partial charge on any atom is -0.267 e. The highest BCUT2D eigenvalue weighted by Gasteiger charge is 2.12. The molecule has 0 amide bonds. The van der Waals surface area contributed by atoms with E-state index in [2.05, 4.69) is 9.71 Å². The van der Waals surface area contributed by atoms with E-state index in [0.717, 1.165) is 5.56 Å². The van der Waals surface area contributed by atoms with Crippen molar-refractivity contribution in [2.75, 3.05) is 4.72 Å². The molecule has 0 atom stereocenters. The van der Waals surface area contributed by atoms with Crippen LogP contribution in [0.15, 0.2) is 42.6 Å². The van der Waals surface area contributed by atoms with E-state index in [-0.39, 0.29) is 5.75 Å². The van der Waals surface area contributed by atoms with E-state index in [1.807, 2.05) is 6.92 Å². The largest absolute Gasteiger partial charge is 0.267 e. The van der Waals surface area contributed by atoms with Gasteiger partial charge in [0.1, 0.15) is 5.82 Å². The topological polar surface area (TPSA) is 59.1 Å². The summed E-state index contributed by atoms with van der Waals surface area (Å²) in [6.07, 6.45) is 1.56. The van der Waals surface area contributed by atoms with E-state index in [0.29, 0.717) is 16.4 Å². The van der Waals surface area contributed by atoms with Gasteiger partial charge >= 0.3 is 0 Å². The lowest BCUT2D eigenvalue weighted by Crippen LogP contribution is -2.15. The molecule has 1 aromatic carbocycles. The first kappa shape index (κ1) is 13.8. The summed E-state index contributed by atoms with van der Waals surface area (Å²) in [5.74, 6) is 0.216. The number of rotatable bonds is 4. The summed E-state index contributed by atoms with van der Waals surface area (Å²) in [7, 11) is -3.47. The number of hydrogen-bond donors (Lipinski definition) is 1. The molecule has 0 fully saturated rings. The zero-order chi connectivity index (χ0) is 13.9. The molecule has 0 radical (unpaired) electrons. The Labute approximate surface area is 117 Å². The molecule has 0 spiro atoms. The van der Waals surface area contributed by atoms with Gasteiger partial charge in [0.05, 0.1) is 5.75 Å². The number of nitrogens with zero attached hydrogens (tertiary/aromatic N) is 1. The number of anilines is 1. The Kier molecular flexibility index (Phi) is 4.07. The first-order valence-corrected chi connectivity index (χ1v) is 7.65. The fourth-order valence-corrected chi connectivity index (χ4v) is 2.85. The van der Waals surface area contributed by atoms with Crippen LogP contribution in [0.4, 0.5) is 5.82 Å². The van der Waals surface area contributed by atoms with Gasteiger partial charge in [-0.05, 0) is 42.3 Å². The van der Waals surface area contributed by atoms with Crippen molar-refractivity contribution in [3.63, 3.8) is 0 Å². The lowest BCUT2D eigenvalue weighted by molar-refractivity contribution is 0.600. The molecule has 6 heteroatoms. The van der Waals surface area contributed by atoms with E-state index in [9.17, 15) is 8.42 Å². The van der Waals surface area contributed by atoms with Gasteiger partial charge in [-0.15, -0.1) is 0 Å². The van der Waals surface area contributed by atoms with Gasteiger partial charge in [-0.25, -0.2) is 13.4 Å². The number of hydrogen-bond acceptors (Lipinski definition) is 3. The first-order chi connectivity index (χ1) is 8.94. The predicted octanol–water partition coefficient (Wildman–Crippen LogP) is 2.99. The van der Waals surface area contributed by atoms with Gasteiger partial charge in [0.2, 0.25) is 10.0 Å². The summed E-state index contributed by atoms with van der Waals surface area (Å²) in [4.78, 5) is 3.97. The van der Waals surface area contributed by atoms with Crippen molar-refractivity contribution in [2.24, 2.45) is 0 Å². The van der Waals surface area contributed by atoms with Gasteiger partial charge in [0, 0.05) is 11.2 Å². The van der Waals surface area contributed by atoms with Crippen LogP contribution in [0.2, 0.25) is 5.02 Å². The predicted molar refractivity (Wildman–Crippen MR) is 76.7 cm³/mol. The number of aryl methyl sites for hydroxylation is 1. The average molecular weight is 297 g/mol. The molecule has 2 rings (SSSR count). The molecule has 4 nitrogen and oxygen atoms in total. The number of benzene rings is 1. The Morgan fingerprint density at radius 3 is 2.53 bits per heavy atom. The molecule has 19 heavy (non-hydrogen) atoms. The van der Waals surface area contributed by atoms with Crippen LogP contribution in [0.25, 0.3) is 0 Å². The first-order valence-electron chi connectivity index (χ1n) is 5.62. The molecule has 0 unspecified atom stereocenters. The molecular weight excluding hydrogens is 284 g/mol. The number of aromatic nitrogens is 1. The van der Waals surface area contributed by atoms with Crippen LogP contribution >= 0.6 is 11.6 Å². The highest BCUT2D eigenvalue weighted by atomic mass is 35.5. The third-order valence-electron chi connectivity index (χ3n) is 2.45. The summed E-state index contributed by atoms with van der Waals surface area (Å²) in [5.41, 5.74) is 1.61. The Bertz CT molecular complexity index is 669. The molecule has 0 aliphatic heterocycles. The van der Waals surface area contributed by atoms with Crippen molar-refractivity contribution in [3.05, 3.63) is 58.7 Å². The second-order valence-electron chi connectivity index (χ2n) is 4.21. The van der Waals surface area contributed by atoms with Crippen LogP contribution < -0.4 is 4.72 Å². The van der Waals surface area contributed by atoms with Crippen LogP contribution in [-0.4, -0.2) is 13.4 Å². The Morgan fingerprint density at radius 1 is 1.21 bits per heavy atom. The molecule has 2 aromatic rings. The minimum absolute atomic E-state index is 0.111. The van der Waals surface area contributed by atoms with Crippen molar-refractivity contribution >= 4 is 27.4 Å². The maximum atomic E-state index is 12.0. The van der Waals surface area contributed by atoms with Crippen LogP contribution in [-0.2, 0) is 15.8 Å². The van der Waals surface area contributed by atoms with E-state index in [1.54, 1.807) is 42.6 Å². The van der Waals surface area contributed by atoms with E-state index < -0.39 is 10.0 Å². The van der Waals surface area contributed by atoms with E-state index in [4.69, 9.17) is 11.6 Å². The molecule has 0 bridgehead atoms. The van der Waals surface area contributed by atoms with Crippen molar-refractivity contribution in [2.45, 2.75) is 12.7 Å². The third kappa shape index (κ3) is 4.22. The van der Waals surface area contributed by atoms with Crippen LogP contribution in [0.3, 0.4) is 0 Å². The highest BCUT2D eigenvalue weighted by Crippen LogP contribution is 2.14. The Hall–Kier alpha value is -1.59. The van der Waals surface area contributed by atoms with Gasteiger partial charge in [0.15, 0.2) is 0 Å².